The first kappa shape index (κ1) is 19.3. The van der Waals surface area contributed by atoms with E-state index in [2.05, 4.69) is 0 Å². The Morgan fingerprint density at radius 1 is 0.967 bits per heavy atom. The minimum Gasteiger partial charge on any atom is -0.315 e. The Morgan fingerprint density at radius 3 is 2.37 bits per heavy atom. The van der Waals surface area contributed by atoms with Gasteiger partial charge in [0.1, 0.15) is 0 Å². The Hall–Kier alpha value is -2.70. The third-order valence-corrected chi connectivity index (χ3v) is 8.75. The van der Waals surface area contributed by atoms with Gasteiger partial charge in [0.25, 0.3) is 0 Å². The summed E-state index contributed by atoms with van der Waals surface area (Å²) in [6, 6.07) is 19.6. The Balaban J connectivity index is 1.49. The molecule has 2 atom stereocenters. The molecule has 0 aliphatic carbocycles. The molecule has 0 aromatic heterocycles. The Labute approximate surface area is 179 Å². The van der Waals surface area contributed by atoms with E-state index in [-0.39, 0.29) is 23.8 Å². The highest BCUT2D eigenvalue weighted by atomic mass is 35.5. The van der Waals surface area contributed by atoms with Gasteiger partial charge in [0.05, 0.1) is 11.3 Å². The number of amides is 1. The Bertz CT molecular complexity index is 1300. The summed E-state index contributed by atoms with van der Waals surface area (Å²) < 4.78 is 26.8. The van der Waals surface area contributed by atoms with Crippen LogP contribution in [0, 0.1) is 5.92 Å². The van der Waals surface area contributed by atoms with Crippen molar-refractivity contribution in [3.63, 3.8) is 0 Å². The second-order valence-electron chi connectivity index (χ2n) is 7.87. The largest absolute Gasteiger partial charge is 0.315 e. The van der Waals surface area contributed by atoms with Crippen LogP contribution in [0.15, 0.2) is 71.6 Å². The molecule has 30 heavy (non-hydrogen) atoms. The predicted molar refractivity (Wildman–Crippen MR) is 114 cm³/mol. The average molecular weight is 440 g/mol. The number of carbonyl (C=O) groups excluding carboxylic acids is 2. The molecule has 0 bridgehead atoms. The van der Waals surface area contributed by atoms with Gasteiger partial charge in [-0.15, -0.1) is 0 Å². The normalized spacial score (nSPS) is 23.5. The molecule has 2 heterocycles. The van der Waals surface area contributed by atoms with Crippen LogP contribution in [0.4, 0.5) is 0 Å². The maximum atomic E-state index is 13.4. The number of carbonyl (C=O) groups is 2. The van der Waals surface area contributed by atoms with Crippen molar-refractivity contribution in [3.05, 3.63) is 77.3 Å². The van der Waals surface area contributed by atoms with Gasteiger partial charge in [-0.2, -0.15) is 0 Å². The Morgan fingerprint density at radius 2 is 1.67 bits per heavy atom. The standard InChI is InChI=1S/C23H18ClNO4S/c24-19-7-9-20(10-8-19)30(28,29)23-13-21(26)25(23)14-18(22(23)27)12-15-5-6-16-3-1-2-4-17(16)11-15/h1-11,18H,12-14H2. The summed E-state index contributed by atoms with van der Waals surface area (Å²) in [5.74, 6) is -1.26. The van der Waals surface area contributed by atoms with Gasteiger partial charge in [0.2, 0.25) is 20.6 Å². The molecule has 0 spiro atoms. The second-order valence-corrected chi connectivity index (χ2v) is 10.5. The van der Waals surface area contributed by atoms with Crippen molar-refractivity contribution >= 4 is 43.9 Å². The van der Waals surface area contributed by atoms with Crippen LogP contribution in [0.3, 0.4) is 0 Å². The van der Waals surface area contributed by atoms with Crippen molar-refractivity contribution in [3.8, 4) is 0 Å². The van der Waals surface area contributed by atoms with Gasteiger partial charge < -0.3 is 4.90 Å². The highest BCUT2D eigenvalue weighted by molar-refractivity contribution is 7.93. The Kier molecular flexibility index (Phi) is 4.27. The number of rotatable bonds is 4. The number of benzene rings is 3. The first-order valence-corrected chi connectivity index (χ1v) is 11.5. The lowest BCUT2D eigenvalue weighted by Gasteiger charge is -2.44. The zero-order valence-electron chi connectivity index (χ0n) is 15.9. The van der Waals surface area contributed by atoms with Crippen LogP contribution in [0.1, 0.15) is 12.0 Å². The van der Waals surface area contributed by atoms with Crippen molar-refractivity contribution in [2.75, 3.05) is 6.54 Å². The van der Waals surface area contributed by atoms with E-state index in [9.17, 15) is 18.0 Å². The molecule has 7 heteroatoms. The van der Waals surface area contributed by atoms with Crippen LogP contribution in [-0.4, -0.2) is 36.4 Å². The fourth-order valence-electron chi connectivity index (χ4n) is 4.59. The number of nitrogens with zero attached hydrogens (tertiary/aromatic N) is 1. The molecule has 0 saturated carbocycles. The van der Waals surface area contributed by atoms with E-state index in [1.54, 1.807) is 0 Å². The lowest BCUT2D eigenvalue weighted by molar-refractivity contribution is -0.150. The van der Waals surface area contributed by atoms with Gasteiger partial charge >= 0.3 is 0 Å². The molecule has 5 nitrogen and oxygen atoms in total. The minimum absolute atomic E-state index is 0.00380. The van der Waals surface area contributed by atoms with Crippen LogP contribution in [0.2, 0.25) is 5.02 Å². The summed E-state index contributed by atoms with van der Waals surface area (Å²) >= 11 is 5.88. The lowest BCUT2D eigenvalue weighted by atomic mass is 9.92. The van der Waals surface area contributed by atoms with Crippen molar-refractivity contribution in [1.29, 1.82) is 0 Å². The van der Waals surface area contributed by atoms with Crippen LogP contribution in [-0.2, 0) is 25.8 Å². The van der Waals surface area contributed by atoms with E-state index in [1.807, 2.05) is 42.5 Å². The topological polar surface area (TPSA) is 71.5 Å². The predicted octanol–water partition coefficient (Wildman–Crippen LogP) is 3.64. The highest BCUT2D eigenvalue weighted by Gasteiger charge is 2.70. The molecular formula is C23H18ClNO4S. The maximum absolute atomic E-state index is 13.4. The van der Waals surface area contributed by atoms with E-state index in [0.717, 1.165) is 16.3 Å². The molecule has 2 fully saturated rings. The van der Waals surface area contributed by atoms with Crippen LogP contribution < -0.4 is 0 Å². The van der Waals surface area contributed by atoms with E-state index in [0.29, 0.717) is 11.4 Å². The monoisotopic (exact) mass is 439 g/mol. The molecular weight excluding hydrogens is 422 g/mol. The lowest BCUT2D eigenvalue weighted by Crippen LogP contribution is -2.67. The van der Waals surface area contributed by atoms with Gasteiger partial charge in [0.15, 0.2) is 5.78 Å². The number of ketones is 1. The third kappa shape index (κ3) is 2.63. The van der Waals surface area contributed by atoms with E-state index >= 15 is 0 Å². The average Bonchev–Trinajstić information content (AvgIpc) is 2.96. The number of hydrogen-bond donors (Lipinski definition) is 0. The van der Waals surface area contributed by atoms with E-state index in [4.69, 9.17) is 11.6 Å². The van der Waals surface area contributed by atoms with Gasteiger partial charge in [-0.25, -0.2) is 8.42 Å². The summed E-state index contributed by atoms with van der Waals surface area (Å²) in [7, 11) is -4.06. The summed E-state index contributed by atoms with van der Waals surface area (Å²) in [5, 5.41) is 2.56. The summed E-state index contributed by atoms with van der Waals surface area (Å²) in [6.07, 6.45) is 0.0936. The van der Waals surface area contributed by atoms with Gasteiger partial charge in [-0.05, 0) is 47.0 Å². The fourth-order valence-corrected chi connectivity index (χ4v) is 6.81. The molecule has 2 unspecified atom stereocenters. The zero-order chi connectivity index (χ0) is 21.1. The SMILES string of the molecule is O=C1CC2(S(=O)(=O)c3ccc(Cl)cc3)C(=O)C(Cc3ccc4ccccc4c3)CN12. The molecule has 5 rings (SSSR count). The minimum atomic E-state index is -4.06. The number of sulfone groups is 1. The first-order chi connectivity index (χ1) is 14.3. The van der Waals surface area contributed by atoms with Crippen molar-refractivity contribution in [2.24, 2.45) is 5.92 Å². The molecule has 3 aromatic rings. The van der Waals surface area contributed by atoms with Gasteiger partial charge in [-0.3, -0.25) is 9.59 Å². The third-order valence-electron chi connectivity index (χ3n) is 6.15. The van der Waals surface area contributed by atoms with Gasteiger partial charge in [-0.1, -0.05) is 54.1 Å². The summed E-state index contributed by atoms with van der Waals surface area (Å²) in [5.41, 5.74) is 0.945. The zero-order valence-corrected chi connectivity index (χ0v) is 17.5. The maximum Gasteiger partial charge on any atom is 0.228 e. The molecule has 152 valence electrons. The molecule has 2 aliphatic heterocycles. The summed E-state index contributed by atoms with van der Waals surface area (Å²) in [4.78, 5) is 25.1. The molecule has 2 saturated heterocycles. The second kappa shape index (κ2) is 6.65. The number of fused-ring (bicyclic) bond motifs is 2. The molecule has 0 radical (unpaired) electrons. The number of β-lactam (4-membered cyclic amide) rings is 1. The molecule has 2 aliphatic rings. The van der Waals surface area contributed by atoms with E-state index < -0.39 is 26.4 Å². The quantitative estimate of drug-likeness (QED) is 0.582. The van der Waals surface area contributed by atoms with Crippen molar-refractivity contribution in [1.82, 2.24) is 4.90 Å². The molecule has 0 N–H and O–H groups in total. The fraction of sp³-hybridized carbons (Fsp3) is 0.217. The van der Waals surface area contributed by atoms with Crippen molar-refractivity contribution in [2.45, 2.75) is 22.6 Å². The summed E-state index contributed by atoms with van der Waals surface area (Å²) in [6.45, 7) is 0.122. The smallest absolute Gasteiger partial charge is 0.228 e. The van der Waals surface area contributed by atoms with Crippen LogP contribution >= 0.6 is 11.6 Å². The molecule has 3 aromatic carbocycles. The van der Waals surface area contributed by atoms with Crippen molar-refractivity contribution < 1.29 is 18.0 Å². The van der Waals surface area contributed by atoms with Gasteiger partial charge in [0, 0.05) is 17.5 Å². The number of halogens is 1. The highest BCUT2D eigenvalue weighted by Crippen LogP contribution is 2.48. The van der Waals surface area contributed by atoms with Crippen LogP contribution in [0.5, 0.6) is 0 Å². The number of hydrogen-bond acceptors (Lipinski definition) is 4. The molecule has 1 amide bonds. The first-order valence-electron chi connectivity index (χ1n) is 9.65. The van der Waals surface area contributed by atoms with Crippen LogP contribution in [0.25, 0.3) is 10.8 Å². The number of Topliss-reactive ketones (excluding diaryl/α,β-unsaturated/α-hetero) is 1. The van der Waals surface area contributed by atoms with E-state index in [1.165, 1.54) is 29.2 Å².